The van der Waals surface area contributed by atoms with Gasteiger partial charge in [-0.1, -0.05) is 30.3 Å². The zero-order valence-electron chi connectivity index (χ0n) is 11.5. The van der Waals surface area contributed by atoms with Crippen molar-refractivity contribution < 1.29 is 4.42 Å². The first-order valence-electron chi connectivity index (χ1n) is 6.64. The van der Waals surface area contributed by atoms with Crippen molar-refractivity contribution in [1.82, 2.24) is 5.32 Å². The summed E-state index contributed by atoms with van der Waals surface area (Å²) in [6.07, 6.45) is 5.04. The van der Waals surface area contributed by atoms with Crippen LogP contribution in [0, 0.1) is 0 Å². The van der Waals surface area contributed by atoms with E-state index in [4.69, 9.17) is 4.42 Å². The van der Waals surface area contributed by atoms with Gasteiger partial charge in [0, 0.05) is 6.04 Å². The lowest BCUT2D eigenvalue weighted by Crippen LogP contribution is -2.31. The Balaban J connectivity index is 2.12. The highest BCUT2D eigenvalue weighted by Crippen LogP contribution is 2.23. The summed E-state index contributed by atoms with van der Waals surface area (Å²) in [6.45, 7) is 2.23. The summed E-state index contributed by atoms with van der Waals surface area (Å²) in [5.74, 6) is 2.15. The number of rotatable bonds is 7. The predicted molar refractivity (Wildman–Crippen MR) is 82.6 cm³/mol. The fourth-order valence-electron chi connectivity index (χ4n) is 2.11. The molecule has 2 aromatic rings. The molecule has 1 aromatic heterocycles. The van der Waals surface area contributed by atoms with Crippen LogP contribution in [0.5, 0.6) is 0 Å². The van der Waals surface area contributed by atoms with Gasteiger partial charge in [-0.25, -0.2) is 0 Å². The van der Waals surface area contributed by atoms with E-state index >= 15 is 0 Å². The molecule has 1 heterocycles. The van der Waals surface area contributed by atoms with E-state index in [1.165, 1.54) is 11.3 Å². The second kappa shape index (κ2) is 7.41. The smallest absolute Gasteiger partial charge is 0.125 e. The normalized spacial score (nSPS) is 14.2. The SMILES string of the molecule is CSCCC(C)NC(c1ccccc1)c1ccco1. The van der Waals surface area contributed by atoms with Gasteiger partial charge in [0.15, 0.2) is 0 Å². The molecule has 3 heteroatoms. The van der Waals surface area contributed by atoms with Crippen LogP contribution in [0.1, 0.15) is 30.7 Å². The first-order chi connectivity index (χ1) is 9.31. The average molecular weight is 275 g/mol. The van der Waals surface area contributed by atoms with Crippen LogP contribution < -0.4 is 5.32 Å². The van der Waals surface area contributed by atoms with E-state index in [-0.39, 0.29) is 6.04 Å². The molecule has 0 aliphatic heterocycles. The molecule has 19 heavy (non-hydrogen) atoms. The number of benzene rings is 1. The van der Waals surface area contributed by atoms with Crippen molar-refractivity contribution in [2.45, 2.75) is 25.4 Å². The molecule has 102 valence electrons. The quantitative estimate of drug-likeness (QED) is 0.823. The maximum atomic E-state index is 5.59. The fourth-order valence-corrected chi connectivity index (χ4v) is 2.70. The van der Waals surface area contributed by atoms with Crippen LogP contribution in [0.3, 0.4) is 0 Å². The molecule has 0 saturated heterocycles. The van der Waals surface area contributed by atoms with E-state index in [0.29, 0.717) is 6.04 Å². The maximum Gasteiger partial charge on any atom is 0.125 e. The lowest BCUT2D eigenvalue weighted by atomic mass is 10.0. The minimum atomic E-state index is 0.132. The van der Waals surface area contributed by atoms with Gasteiger partial charge < -0.3 is 9.73 Å². The molecule has 1 N–H and O–H groups in total. The van der Waals surface area contributed by atoms with Crippen LogP contribution in [-0.2, 0) is 0 Å². The van der Waals surface area contributed by atoms with Gasteiger partial charge in [0.05, 0.1) is 12.3 Å². The van der Waals surface area contributed by atoms with Crippen LogP contribution in [0.15, 0.2) is 53.1 Å². The maximum absolute atomic E-state index is 5.59. The van der Waals surface area contributed by atoms with E-state index in [9.17, 15) is 0 Å². The van der Waals surface area contributed by atoms with Crippen molar-refractivity contribution in [2.24, 2.45) is 0 Å². The Bertz CT molecular complexity index is 455. The molecule has 0 spiro atoms. The molecule has 0 amide bonds. The van der Waals surface area contributed by atoms with Gasteiger partial charge in [-0.2, -0.15) is 11.8 Å². The molecule has 0 fully saturated rings. The summed E-state index contributed by atoms with van der Waals surface area (Å²) < 4.78 is 5.59. The van der Waals surface area contributed by atoms with E-state index in [0.717, 1.165) is 12.2 Å². The predicted octanol–water partition coefficient (Wildman–Crippen LogP) is 4.10. The minimum absolute atomic E-state index is 0.132. The van der Waals surface area contributed by atoms with E-state index < -0.39 is 0 Å². The van der Waals surface area contributed by atoms with E-state index in [1.807, 2.05) is 30.0 Å². The molecular weight excluding hydrogens is 254 g/mol. The zero-order chi connectivity index (χ0) is 13.5. The molecule has 0 aliphatic rings. The number of hydrogen-bond acceptors (Lipinski definition) is 3. The van der Waals surface area contributed by atoms with Crippen molar-refractivity contribution in [2.75, 3.05) is 12.0 Å². The molecule has 0 aliphatic carbocycles. The van der Waals surface area contributed by atoms with Crippen molar-refractivity contribution >= 4 is 11.8 Å². The van der Waals surface area contributed by atoms with E-state index in [2.05, 4.69) is 42.8 Å². The average Bonchev–Trinajstić information content (AvgIpc) is 2.97. The van der Waals surface area contributed by atoms with Crippen LogP contribution in [0.25, 0.3) is 0 Å². The fraction of sp³-hybridized carbons (Fsp3) is 0.375. The lowest BCUT2D eigenvalue weighted by molar-refractivity contribution is 0.410. The summed E-state index contributed by atoms with van der Waals surface area (Å²) in [5.41, 5.74) is 1.24. The second-order valence-corrected chi connectivity index (χ2v) is 5.69. The monoisotopic (exact) mass is 275 g/mol. The summed E-state index contributed by atoms with van der Waals surface area (Å²) in [7, 11) is 0. The summed E-state index contributed by atoms with van der Waals surface area (Å²) in [5, 5.41) is 3.66. The topological polar surface area (TPSA) is 25.2 Å². The van der Waals surface area contributed by atoms with Crippen LogP contribution in [-0.4, -0.2) is 18.1 Å². The van der Waals surface area contributed by atoms with Crippen LogP contribution in [0.2, 0.25) is 0 Å². The molecule has 1 aromatic carbocycles. The third-order valence-electron chi connectivity index (χ3n) is 3.17. The van der Waals surface area contributed by atoms with Crippen molar-refractivity contribution in [1.29, 1.82) is 0 Å². The largest absolute Gasteiger partial charge is 0.467 e. The highest BCUT2D eigenvalue weighted by molar-refractivity contribution is 7.98. The Morgan fingerprint density at radius 2 is 1.95 bits per heavy atom. The third-order valence-corrected chi connectivity index (χ3v) is 3.81. The first-order valence-corrected chi connectivity index (χ1v) is 8.04. The number of hydrogen-bond donors (Lipinski definition) is 1. The number of furan rings is 1. The molecule has 0 bridgehead atoms. The number of thioether (sulfide) groups is 1. The molecular formula is C16H21NOS. The van der Waals surface area contributed by atoms with Crippen molar-refractivity contribution in [3.8, 4) is 0 Å². The van der Waals surface area contributed by atoms with Crippen molar-refractivity contribution in [3.05, 3.63) is 60.1 Å². The van der Waals surface area contributed by atoms with Gasteiger partial charge in [-0.05, 0) is 43.0 Å². The Labute approximate surface area is 119 Å². The van der Waals surface area contributed by atoms with Gasteiger partial charge in [0.1, 0.15) is 5.76 Å². The molecule has 2 unspecified atom stereocenters. The Kier molecular flexibility index (Phi) is 5.55. The van der Waals surface area contributed by atoms with Crippen molar-refractivity contribution in [3.63, 3.8) is 0 Å². The van der Waals surface area contributed by atoms with Gasteiger partial charge in [-0.3, -0.25) is 0 Å². The lowest BCUT2D eigenvalue weighted by Gasteiger charge is -2.22. The van der Waals surface area contributed by atoms with Gasteiger partial charge in [0.2, 0.25) is 0 Å². The molecule has 0 radical (unpaired) electrons. The van der Waals surface area contributed by atoms with Crippen LogP contribution in [0.4, 0.5) is 0 Å². The molecule has 2 rings (SSSR count). The minimum Gasteiger partial charge on any atom is -0.467 e. The number of nitrogens with one attached hydrogen (secondary N) is 1. The second-order valence-electron chi connectivity index (χ2n) is 4.71. The summed E-state index contributed by atoms with van der Waals surface area (Å²) >= 11 is 1.89. The zero-order valence-corrected chi connectivity index (χ0v) is 12.3. The molecule has 2 nitrogen and oxygen atoms in total. The summed E-state index contributed by atoms with van der Waals surface area (Å²) in [6, 6.07) is 15.0. The summed E-state index contributed by atoms with van der Waals surface area (Å²) in [4.78, 5) is 0. The van der Waals surface area contributed by atoms with Crippen LogP contribution >= 0.6 is 11.8 Å². The molecule has 2 atom stereocenters. The Morgan fingerprint density at radius 1 is 1.16 bits per heavy atom. The Morgan fingerprint density at radius 3 is 2.58 bits per heavy atom. The molecule has 0 saturated carbocycles. The van der Waals surface area contributed by atoms with Gasteiger partial charge in [-0.15, -0.1) is 0 Å². The van der Waals surface area contributed by atoms with E-state index in [1.54, 1.807) is 6.26 Å². The highest BCUT2D eigenvalue weighted by atomic mass is 32.2. The van der Waals surface area contributed by atoms with Gasteiger partial charge in [0.25, 0.3) is 0 Å². The Hall–Kier alpha value is -1.19. The first kappa shape index (κ1) is 14.2. The van der Waals surface area contributed by atoms with Gasteiger partial charge >= 0.3 is 0 Å². The third kappa shape index (κ3) is 4.15. The standard InChI is InChI=1S/C16H21NOS/c1-13(10-12-19-2)17-16(15-9-6-11-18-15)14-7-4-3-5-8-14/h3-9,11,13,16-17H,10,12H2,1-2H3. The highest BCUT2D eigenvalue weighted by Gasteiger charge is 2.18.